The summed E-state index contributed by atoms with van der Waals surface area (Å²) < 4.78 is 5.65. The topological polar surface area (TPSA) is 55.6 Å². The van der Waals surface area contributed by atoms with Gasteiger partial charge in [-0.1, -0.05) is 13.8 Å². The van der Waals surface area contributed by atoms with Crippen molar-refractivity contribution in [3.8, 4) is 0 Å². The predicted octanol–water partition coefficient (Wildman–Crippen LogP) is 1.78. The third-order valence-corrected chi connectivity index (χ3v) is 4.27. The lowest BCUT2D eigenvalue weighted by atomic mass is 9.80. The fourth-order valence-corrected chi connectivity index (χ4v) is 2.76. The van der Waals surface area contributed by atoms with Crippen molar-refractivity contribution in [3.05, 3.63) is 0 Å². The van der Waals surface area contributed by atoms with E-state index in [1.165, 1.54) is 0 Å². The van der Waals surface area contributed by atoms with E-state index in [1.54, 1.807) is 0 Å². The lowest BCUT2D eigenvalue weighted by molar-refractivity contribution is -0.146. The molecule has 1 atom stereocenters. The van der Waals surface area contributed by atoms with Gasteiger partial charge in [-0.3, -0.25) is 4.79 Å². The van der Waals surface area contributed by atoms with Gasteiger partial charge < -0.3 is 15.4 Å². The van der Waals surface area contributed by atoms with Crippen molar-refractivity contribution < 1.29 is 9.53 Å². The first kappa shape index (κ1) is 15.4. The Kier molecular flexibility index (Phi) is 6.09. The molecule has 0 aromatic rings. The molecular weight excluding hydrogens is 228 g/mol. The normalized spacial score (nSPS) is 21.1. The summed E-state index contributed by atoms with van der Waals surface area (Å²) >= 11 is 0. The van der Waals surface area contributed by atoms with Crippen LogP contribution in [0.15, 0.2) is 0 Å². The van der Waals surface area contributed by atoms with Crippen LogP contribution in [0.2, 0.25) is 0 Å². The molecule has 0 spiro atoms. The summed E-state index contributed by atoms with van der Waals surface area (Å²) in [6.07, 6.45) is 3.93. The molecule has 1 fully saturated rings. The highest BCUT2D eigenvalue weighted by Crippen LogP contribution is 2.29. The standard InChI is InChI=1S/C14H28N2O2/c1-4-14(5-2,11-15)13(17)16-9-7-8-12(10-16)18-6-3/h12H,4-11,15H2,1-3H3. The van der Waals surface area contributed by atoms with E-state index in [9.17, 15) is 4.79 Å². The Bertz CT molecular complexity index is 254. The summed E-state index contributed by atoms with van der Waals surface area (Å²) in [5, 5.41) is 0. The molecule has 1 heterocycles. The first-order chi connectivity index (χ1) is 8.63. The summed E-state index contributed by atoms with van der Waals surface area (Å²) in [4.78, 5) is 14.6. The molecule has 0 radical (unpaired) electrons. The van der Waals surface area contributed by atoms with Crippen LogP contribution in [0.4, 0.5) is 0 Å². The van der Waals surface area contributed by atoms with Crippen molar-refractivity contribution >= 4 is 5.91 Å². The zero-order valence-electron chi connectivity index (χ0n) is 12.1. The molecule has 0 aromatic heterocycles. The highest BCUT2D eigenvalue weighted by Gasteiger charge is 2.38. The fraction of sp³-hybridized carbons (Fsp3) is 0.929. The molecule has 4 heteroatoms. The predicted molar refractivity (Wildman–Crippen MR) is 73.3 cm³/mol. The highest BCUT2D eigenvalue weighted by molar-refractivity contribution is 5.83. The van der Waals surface area contributed by atoms with Crippen LogP contribution in [0.1, 0.15) is 46.5 Å². The Morgan fingerprint density at radius 3 is 2.56 bits per heavy atom. The number of nitrogens with zero attached hydrogens (tertiary/aromatic N) is 1. The molecule has 106 valence electrons. The molecule has 0 aliphatic carbocycles. The maximum atomic E-state index is 12.7. The molecule has 0 aromatic carbocycles. The van der Waals surface area contributed by atoms with Crippen molar-refractivity contribution in [2.75, 3.05) is 26.2 Å². The van der Waals surface area contributed by atoms with E-state index in [0.717, 1.165) is 45.4 Å². The van der Waals surface area contributed by atoms with E-state index in [-0.39, 0.29) is 17.4 Å². The summed E-state index contributed by atoms with van der Waals surface area (Å²) in [6.45, 7) is 8.85. The van der Waals surface area contributed by atoms with Gasteiger partial charge in [-0.2, -0.15) is 0 Å². The van der Waals surface area contributed by atoms with Gasteiger partial charge in [0.05, 0.1) is 11.5 Å². The van der Waals surface area contributed by atoms with Gasteiger partial charge in [0.25, 0.3) is 0 Å². The fourth-order valence-electron chi connectivity index (χ4n) is 2.76. The number of hydrogen-bond acceptors (Lipinski definition) is 3. The second kappa shape index (κ2) is 7.10. The van der Waals surface area contributed by atoms with Crippen molar-refractivity contribution in [1.82, 2.24) is 4.90 Å². The number of carbonyl (C=O) groups is 1. The van der Waals surface area contributed by atoms with Gasteiger partial charge in [0.2, 0.25) is 5.91 Å². The lowest BCUT2D eigenvalue weighted by Gasteiger charge is -2.39. The van der Waals surface area contributed by atoms with Gasteiger partial charge in [0, 0.05) is 26.2 Å². The number of piperidine rings is 1. The van der Waals surface area contributed by atoms with Crippen molar-refractivity contribution in [2.45, 2.75) is 52.6 Å². The molecule has 1 saturated heterocycles. The van der Waals surface area contributed by atoms with Crippen LogP contribution in [0.3, 0.4) is 0 Å². The number of hydrogen-bond donors (Lipinski definition) is 1. The van der Waals surface area contributed by atoms with Gasteiger partial charge in [0.15, 0.2) is 0 Å². The average molecular weight is 256 g/mol. The monoisotopic (exact) mass is 256 g/mol. The minimum absolute atomic E-state index is 0.205. The van der Waals surface area contributed by atoms with Crippen molar-refractivity contribution in [2.24, 2.45) is 11.1 Å². The molecule has 0 saturated carbocycles. The van der Waals surface area contributed by atoms with Gasteiger partial charge in [-0.05, 0) is 32.6 Å². The minimum atomic E-state index is -0.367. The number of rotatable bonds is 6. The second-order valence-corrected chi connectivity index (χ2v) is 5.16. The Morgan fingerprint density at radius 2 is 2.06 bits per heavy atom. The van der Waals surface area contributed by atoms with Crippen LogP contribution in [0.5, 0.6) is 0 Å². The zero-order valence-corrected chi connectivity index (χ0v) is 12.1. The minimum Gasteiger partial charge on any atom is -0.377 e. The van der Waals surface area contributed by atoms with Crippen LogP contribution >= 0.6 is 0 Å². The molecule has 1 aliphatic heterocycles. The van der Waals surface area contributed by atoms with E-state index in [2.05, 4.69) is 13.8 Å². The van der Waals surface area contributed by atoms with Crippen LogP contribution in [-0.4, -0.2) is 43.2 Å². The first-order valence-electron chi connectivity index (χ1n) is 7.24. The quantitative estimate of drug-likeness (QED) is 0.788. The maximum absolute atomic E-state index is 12.7. The number of nitrogens with two attached hydrogens (primary N) is 1. The molecule has 1 unspecified atom stereocenters. The largest absolute Gasteiger partial charge is 0.377 e. The van der Waals surface area contributed by atoms with E-state index in [4.69, 9.17) is 10.5 Å². The van der Waals surface area contributed by atoms with E-state index >= 15 is 0 Å². The summed E-state index contributed by atoms with van der Waals surface area (Å²) in [7, 11) is 0. The van der Waals surface area contributed by atoms with Gasteiger partial charge in [-0.15, -0.1) is 0 Å². The molecular formula is C14H28N2O2. The maximum Gasteiger partial charge on any atom is 0.230 e. The Labute approximate surface area is 111 Å². The Hall–Kier alpha value is -0.610. The van der Waals surface area contributed by atoms with Crippen LogP contribution in [-0.2, 0) is 9.53 Å². The number of likely N-dealkylation sites (tertiary alicyclic amines) is 1. The number of amides is 1. The lowest BCUT2D eigenvalue weighted by Crippen LogP contribution is -2.52. The van der Waals surface area contributed by atoms with E-state index < -0.39 is 0 Å². The SMILES string of the molecule is CCOC1CCCN(C(=O)C(CC)(CC)CN)C1. The third-order valence-electron chi connectivity index (χ3n) is 4.27. The van der Waals surface area contributed by atoms with Crippen LogP contribution in [0.25, 0.3) is 0 Å². The first-order valence-corrected chi connectivity index (χ1v) is 7.24. The molecule has 18 heavy (non-hydrogen) atoms. The van der Waals surface area contributed by atoms with E-state index in [0.29, 0.717) is 6.54 Å². The number of carbonyl (C=O) groups excluding carboxylic acids is 1. The molecule has 2 N–H and O–H groups in total. The van der Waals surface area contributed by atoms with Crippen molar-refractivity contribution in [3.63, 3.8) is 0 Å². The number of ether oxygens (including phenoxy) is 1. The second-order valence-electron chi connectivity index (χ2n) is 5.16. The summed E-state index contributed by atoms with van der Waals surface area (Å²) in [5.41, 5.74) is 5.48. The van der Waals surface area contributed by atoms with Gasteiger partial charge in [0.1, 0.15) is 0 Å². The van der Waals surface area contributed by atoms with E-state index in [1.807, 2.05) is 11.8 Å². The Morgan fingerprint density at radius 1 is 1.39 bits per heavy atom. The molecule has 0 bridgehead atoms. The average Bonchev–Trinajstić information content (AvgIpc) is 2.42. The van der Waals surface area contributed by atoms with Gasteiger partial charge >= 0.3 is 0 Å². The third kappa shape index (κ3) is 3.23. The summed E-state index contributed by atoms with van der Waals surface area (Å²) in [6, 6.07) is 0. The molecule has 1 amide bonds. The Balaban J connectivity index is 2.70. The molecule has 1 aliphatic rings. The molecule has 1 rings (SSSR count). The summed E-state index contributed by atoms with van der Waals surface area (Å²) in [5.74, 6) is 0.222. The van der Waals surface area contributed by atoms with Crippen LogP contribution in [0, 0.1) is 5.41 Å². The van der Waals surface area contributed by atoms with Crippen LogP contribution < -0.4 is 5.73 Å². The van der Waals surface area contributed by atoms with Gasteiger partial charge in [-0.25, -0.2) is 0 Å². The highest BCUT2D eigenvalue weighted by atomic mass is 16.5. The smallest absolute Gasteiger partial charge is 0.230 e. The van der Waals surface area contributed by atoms with Crippen molar-refractivity contribution in [1.29, 1.82) is 0 Å². The molecule has 4 nitrogen and oxygen atoms in total. The zero-order chi connectivity index (χ0) is 13.6.